The summed E-state index contributed by atoms with van der Waals surface area (Å²) in [7, 11) is 1.58. The standard InChI is InChI=1S/C25H20F3NO2/c1-24(2,25(26,27)28)13-14-10-16-8-9-29-21-18-12-15-6-4-5-7-17(15)22(30-3)23(18)31-19(11-14)20(16)21/h4-12H,13H2,1-3H3. The van der Waals surface area contributed by atoms with Crippen LogP contribution in [-0.2, 0) is 6.42 Å². The summed E-state index contributed by atoms with van der Waals surface area (Å²) >= 11 is 0. The predicted octanol–water partition coefficient (Wildman–Crippen LogP) is 7.30. The van der Waals surface area contributed by atoms with Gasteiger partial charge in [-0.2, -0.15) is 13.2 Å². The van der Waals surface area contributed by atoms with Gasteiger partial charge in [0.1, 0.15) is 5.75 Å². The number of fused-ring (bicyclic) bond motifs is 3. The smallest absolute Gasteiger partial charge is 0.394 e. The van der Waals surface area contributed by atoms with Gasteiger partial charge in [0.05, 0.1) is 23.6 Å². The van der Waals surface area contributed by atoms with Gasteiger partial charge in [-0.1, -0.05) is 44.2 Å². The minimum absolute atomic E-state index is 0.151. The molecule has 6 heteroatoms. The number of hydrogen-bond acceptors (Lipinski definition) is 3. The van der Waals surface area contributed by atoms with Crippen LogP contribution in [0.3, 0.4) is 0 Å². The molecule has 3 nitrogen and oxygen atoms in total. The van der Waals surface area contributed by atoms with Crippen molar-refractivity contribution in [2.75, 3.05) is 7.11 Å². The third-order valence-electron chi connectivity index (χ3n) is 5.93. The lowest BCUT2D eigenvalue weighted by Gasteiger charge is -2.29. The molecule has 0 fully saturated rings. The molecule has 0 amide bonds. The molecule has 1 aliphatic heterocycles. The Hall–Kier alpha value is -3.28. The second-order valence-corrected chi connectivity index (χ2v) is 8.52. The lowest BCUT2D eigenvalue weighted by molar-refractivity contribution is -0.211. The molecule has 0 radical (unpaired) electrons. The van der Waals surface area contributed by atoms with Crippen molar-refractivity contribution in [3.05, 3.63) is 60.3 Å². The molecule has 31 heavy (non-hydrogen) atoms. The van der Waals surface area contributed by atoms with Gasteiger partial charge in [0.25, 0.3) is 0 Å². The van der Waals surface area contributed by atoms with Crippen LogP contribution in [0.1, 0.15) is 19.4 Å². The first kappa shape index (κ1) is 19.7. The van der Waals surface area contributed by atoms with E-state index in [1.54, 1.807) is 31.5 Å². The van der Waals surface area contributed by atoms with E-state index in [2.05, 4.69) is 4.98 Å². The van der Waals surface area contributed by atoms with E-state index in [1.807, 2.05) is 30.3 Å². The van der Waals surface area contributed by atoms with Crippen LogP contribution in [0.15, 0.2) is 54.7 Å². The molecular formula is C25H20F3NO2. The number of ether oxygens (including phenoxy) is 2. The minimum Gasteiger partial charge on any atom is -0.492 e. The molecule has 158 valence electrons. The average molecular weight is 423 g/mol. The number of benzene rings is 3. The molecule has 1 aliphatic rings. The highest BCUT2D eigenvalue weighted by molar-refractivity contribution is 6.06. The van der Waals surface area contributed by atoms with Crippen LogP contribution in [0.5, 0.6) is 17.2 Å². The number of alkyl halides is 3. The van der Waals surface area contributed by atoms with Gasteiger partial charge >= 0.3 is 6.18 Å². The molecule has 0 spiro atoms. The average Bonchev–Trinajstić information content (AvgIpc) is 2.71. The number of nitrogens with zero attached hydrogens (tertiary/aromatic N) is 1. The fourth-order valence-electron chi connectivity index (χ4n) is 4.22. The Kier molecular flexibility index (Phi) is 4.19. The Morgan fingerprint density at radius 2 is 1.77 bits per heavy atom. The molecule has 2 heterocycles. The van der Waals surface area contributed by atoms with E-state index in [9.17, 15) is 13.2 Å². The number of aromatic nitrogens is 1. The zero-order valence-electron chi connectivity index (χ0n) is 17.3. The highest BCUT2D eigenvalue weighted by atomic mass is 19.4. The molecule has 1 aromatic heterocycles. The van der Waals surface area contributed by atoms with Gasteiger partial charge in [-0.25, -0.2) is 0 Å². The van der Waals surface area contributed by atoms with Crippen LogP contribution in [0.2, 0.25) is 0 Å². The van der Waals surface area contributed by atoms with Gasteiger partial charge in [-0.15, -0.1) is 0 Å². The second kappa shape index (κ2) is 6.61. The SMILES string of the molecule is COc1c2c(cc3ccccc13)-c1nccc3cc(CC(C)(C)C(F)(F)F)cc(c13)O2. The summed E-state index contributed by atoms with van der Waals surface area (Å²) in [5.74, 6) is 1.61. The van der Waals surface area contributed by atoms with Crippen molar-refractivity contribution in [3.63, 3.8) is 0 Å². The number of halogens is 3. The maximum Gasteiger partial charge on any atom is 0.394 e. The lowest BCUT2D eigenvalue weighted by atomic mass is 9.84. The van der Waals surface area contributed by atoms with Crippen molar-refractivity contribution in [1.29, 1.82) is 0 Å². The first-order valence-electron chi connectivity index (χ1n) is 9.96. The zero-order chi connectivity index (χ0) is 22.0. The molecule has 0 unspecified atom stereocenters. The summed E-state index contributed by atoms with van der Waals surface area (Å²) in [4.78, 5) is 4.59. The minimum atomic E-state index is -4.31. The Bertz CT molecular complexity index is 1340. The Morgan fingerprint density at radius 1 is 1.00 bits per heavy atom. The zero-order valence-corrected chi connectivity index (χ0v) is 17.3. The van der Waals surface area contributed by atoms with E-state index in [0.29, 0.717) is 22.8 Å². The molecule has 3 aromatic carbocycles. The van der Waals surface area contributed by atoms with Gasteiger partial charge in [0.2, 0.25) is 0 Å². The first-order chi connectivity index (χ1) is 14.7. The van der Waals surface area contributed by atoms with E-state index in [4.69, 9.17) is 9.47 Å². The number of hydrogen-bond donors (Lipinski definition) is 0. The largest absolute Gasteiger partial charge is 0.492 e. The molecule has 0 atom stereocenters. The van der Waals surface area contributed by atoms with Crippen molar-refractivity contribution in [2.45, 2.75) is 26.4 Å². The van der Waals surface area contributed by atoms with E-state index < -0.39 is 11.6 Å². The summed E-state index contributed by atoms with van der Waals surface area (Å²) in [5.41, 5.74) is 0.241. The van der Waals surface area contributed by atoms with Crippen LogP contribution >= 0.6 is 0 Å². The maximum absolute atomic E-state index is 13.5. The number of rotatable bonds is 3. The predicted molar refractivity (Wildman–Crippen MR) is 115 cm³/mol. The summed E-state index contributed by atoms with van der Waals surface area (Å²) in [5, 5.41) is 3.48. The van der Waals surface area contributed by atoms with Crippen LogP contribution in [0.25, 0.3) is 32.8 Å². The molecule has 0 saturated carbocycles. The molecule has 0 bridgehead atoms. The summed E-state index contributed by atoms with van der Waals surface area (Å²) in [6, 6.07) is 15.1. The maximum atomic E-state index is 13.5. The van der Waals surface area contributed by atoms with Crippen LogP contribution in [-0.4, -0.2) is 18.3 Å². The lowest BCUT2D eigenvalue weighted by Crippen LogP contribution is -2.34. The Labute approximate surface area is 177 Å². The second-order valence-electron chi connectivity index (χ2n) is 8.52. The summed E-state index contributed by atoms with van der Waals surface area (Å²) in [6.45, 7) is 2.43. The van der Waals surface area contributed by atoms with E-state index in [-0.39, 0.29) is 6.42 Å². The van der Waals surface area contributed by atoms with Gasteiger partial charge in [-0.3, -0.25) is 4.98 Å². The van der Waals surface area contributed by atoms with E-state index in [0.717, 1.165) is 32.8 Å². The molecule has 5 rings (SSSR count). The highest BCUT2D eigenvalue weighted by Crippen LogP contribution is 2.52. The third-order valence-corrected chi connectivity index (χ3v) is 5.93. The van der Waals surface area contributed by atoms with Crippen molar-refractivity contribution in [2.24, 2.45) is 5.41 Å². The van der Waals surface area contributed by atoms with E-state index >= 15 is 0 Å². The van der Waals surface area contributed by atoms with Gasteiger partial charge in [-0.05, 0) is 41.0 Å². The van der Waals surface area contributed by atoms with Crippen molar-refractivity contribution >= 4 is 21.5 Å². The molecule has 0 aliphatic carbocycles. The monoisotopic (exact) mass is 423 g/mol. The summed E-state index contributed by atoms with van der Waals surface area (Å²) in [6.07, 6.45) is -2.78. The quantitative estimate of drug-likeness (QED) is 0.305. The van der Waals surface area contributed by atoms with Crippen LogP contribution < -0.4 is 9.47 Å². The van der Waals surface area contributed by atoms with Gasteiger partial charge in [0, 0.05) is 17.1 Å². The summed E-state index contributed by atoms with van der Waals surface area (Å²) < 4.78 is 52.4. The number of methoxy groups -OCH3 is 1. The van der Waals surface area contributed by atoms with E-state index in [1.165, 1.54) is 13.8 Å². The Balaban J connectivity index is 1.74. The molecule has 0 N–H and O–H groups in total. The fourth-order valence-corrected chi connectivity index (χ4v) is 4.22. The number of pyridine rings is 1. The molecule has 0 saturated heterocycles. The third kappa shape index (κ3) is 3.00. The van der Waals surface area contributed by atoms with Crippen LogP contribution in [0, 0.1) is 5.41 Å². The van der Waals surface area contributed by atoms with Crippen molar-refractivity contribution < 1.29 is 22.6 Å². The highest BCUT2D eigenvalue weighted by Gasteiger charge is 2.47. The normalized spacial score (nSPS) is 13.2. The Morgan fingerprint density at radius 3 is 2.52 bits per heavy atom. The van der Waals surface area contributed by atoms with Crippen LogP contribution in [0.4, 0.5) is 13.2 Å². The van der Waals surface area contributed by atoms with Gasteiger partial charge < -0.3 is 9.47 Å². The van der Waals surface area contributed by atoms with Gasteiger partial charge in [0.15, 0.2) is 11.5 Å². The molecular weight excluding hydrogens is 403 g/mol. The van der Waals surface area contributed by atoms with Crippen molar-refractivity contribution in [1.82, 2.24) is 4.98 Å². The van der Waals surface area contributed by atoms with Crippen molar-refractivity contribution in [3.8, 4) is 28.5 Å². The molecule has 4 aromatic rings. The first-order valence-corrected chi connectivity index (χ1v) is 9.96. The fraction of sp³-hybridized carbons (Fsp3) is 0.240. The topological polar surface area (TPSA) is 31.4 Å².